The van der Waals surface area contributed by atoms with Crippen LogP contribution < -0.4 is 4.74 Å². The van der Waals surface area contributed by atoms with Gasteiger partial charge in [0.15, 0.2) is 23.2 Å². The second kappa shape index (κ2) is 10.1. The highest BCUT2D eigenvalue weighted by molar-refractivity contribution is 5.66. The number of rotatable bonds is 9. The van der Waals surface area contributed by atoms with Crippen LogP contribution in [0.5, 0.6) is 5.75 Å². The van der Waals surface area contributed by atoms with Crippen LogP contribution in [0.4, 0.5) is 17.6 Å². The Balaban J connectivity index is 2.23. The van der Waals surface area contributed by atoms with Crippen LogP contribution in [0.3, 0.4) is 0 Å². The van der Waals surface area contributed by atoms with E-state index in [0.29, 0.717) is 12.8 Å². The molecule has 0 fully saturated rings. The van der Waals surface area contributed by atoms with Crippen molar-refractivity contribution in [2.75, 3.05) is 0 Å². The summed E-state index contributed by atoms with van der Waals surface area (Å²) in [5, 5.41) is 0. The second-order valence-corrected chi connectivity index (χ2v) is 6.37. The molecule has 0 unspecified atom stereocenters. The number of hydrogen-bond acceptors (Lipinski definition) is 1. The van der Waals surface area contributed by atoms with Crippen molar-refractivity contribution in [2.24, 2.45) is 0 Å². The zero-order chi connectivity index (χ0) is 19.8. The lowest BCUT2D eigenvalue weighted by Gasteiger charge is -2.11. The standard InChI is InChI=1S/C22H24F4O/c1-3-5-6-7-8-14-27-18-13-12-17(21(25)22(18)26)16-11-10-15(9-4-2)19(23)20(16)24/h8,10-14H,3-7,9H2,1-2H3. The molecule has 1 nitrogen and oxygen atoms in total. The molecular weight excluding hydrogens is 356 g/mol. The number of aryl methyl sites for hydroxylation is 1. The van der Waals surface area contributed by atoms with E-state index in [2.05, 4.69) is 6.92 Å². The maximum atomic E-state index is 14.4. The van der Waals surface area contributed by atoms with Crippen molar-refractivity contribution < 1.29 is 22.3 Å². The maximum Gasteiger partial charge on any atom is 0.201 e. The number of halogens is 4. The Morgan fingerprint density at radius 3 is 2.11 bits per heavy atom. The molecule has 2 aromatic rings. The minimum atomic E-state index is -1.27. The van der Waals surface area contributed by atoms with E-state index < -0.39 is 23.3 Å². The molecule has 0 radical (unpaired) electrons. The molecular formula is C22H24F4O. The van der Waals surface area contributed by atoms with E-state index in [4.69, 9.17) is 4.74 Å². The van der Waals surface area contributed by atoms with E-state index in [1.165, 1.54) is 30.5 Å². The Kier molecular flexibility index (Phi) is 7.89. The molecule has 0 saturated carbocycles. The van der Waals surface area contributed by atoms with E-state index in [1.807, 2.05) is 6.92 Å². The van der Waals surface area contributed by atoms with Crippen LogP contribution in [-0.2, 0) is 6.42 Å². The van der Waals surface area contributed by atoms with Crippen molar-refractivity contribution in [3.05, 3.63) is 65.4 Å². The quantitative estimate of drug-likeness (QED) is 0.251. The van der Waals surface area contributed by atoms with Gasteiger partial charge in [-0.25, -0.2) is 13.2 Å². The summed E-state index contributed by atoms with van der Waals surface area (Å²) >= 11 is 0. The first-order chi connectivity index (χ1) is 13.0. The zero-order valence-corrected chi connectivity index (χ0v) is 15.6. The summed E-state index contributed by atoms with van der Waals surface area (Å²) in [7, 11) is 0. The second-order valence-electron chi connectivity index (χ2n) is 6.37. The van der Waals surface area contributed by atoms with Gasteiger partial charge in [-0.05, 0) is 43.0 Å². The largest absolute Gasteiger partial charge is 0.462 e. The normalized spacial score (nSPS) is 11.3. The van der Waals surface area contributed by atoms with Gasteiger partial charge in [-0.3, -0.25) is 0 Å². The van der Waals surface area contributed by atoms with Crippen LogP contribution in [-0.4, -0.2) is 0 Å². The zero-order valence-electron chi connectivity index (χ0n) is 15.6. The molecule has 27 heavy (non-hydrogen) atoms. The van der Waals surface area contributed by atoms with E-state index in [1.54, 1.807) is 6.08 Å². The van der Waals surface area contributed by atoms with Gasteiger partial charge in [0.25, 0.3) is 0 Å². The van der Waals surface area contributed by atoms with Crippen LogP contribution in [0, 0.1) is 23.3 Å². The van der Waals surface area contributed by atoms with Crippen molar-refractivity contribution in [3.8, 4) is 16.9 Å². The maximum absolute atomic E-state index is 14.4. The van der Waals surface area contributed by atoms with E-state index in [-0.39, 0.29) is 22.4 Å². The topological polar surface area (TPSA) is 9.23 Å². The van der Waals surface area contributed by atoms with Crippen LogP contribution >= 0.6 is 0 Å². The van der Waals surface area contributed by atoms with Gasteiger partial charge in [0.2, 0.25) is 5.82 Å². The summed E-state index contributed by atoms with van der Waals surface area (Å²) in [5.41, 5.74) is -0.440. The lowest BCUT2D eigenvalue weighted by molar-refractivity contribution is 0.414. The van der Waals surface area contributed by atoms with Crippen molar-refractivity contribution in [2.45, 2.75) is 52.4 Å². The monoisotopic (exact) mass is 380 g/mol. The third-order valence-electron chi connectivity index (χ3n) is 4.28. The van der Waals surface area contributed by atoms with Gasteiger partial charge < -0.3 is 4.74 Å². The first kappa shape index (κ1) is 21.0. The van der Waals surface area contributed by atoms with E-state index in [0.717, 1.165) is 25.7 Å². The van der Waals surface area contributed by atoms with E-state index in [9.17, 15) is 17.6 Å². The first-order valence-electron chi connectivity index (χ1n) is 9.28. The van der Waals surface area contributed by atoms with Crippen molar-refractivity contribution in [1.29, 1.82) is 0 Å². The fraction of sp³-hybridized carbons (Fsp3) is 0.364. The smallest absolute Gasteiger partial charge is 0.201 e. The molecule has 0 atom stereocenters. The number of hydrogen-bond donors (Lipinski definition) is 0. The predicted molar refractivity (Wildman–Crippen MR) is 99.6 cm³/mol. The third-order valence-corrected chi connectivity index (χ3v) is 4.28. The van der Waals surface area contributed by atoms with Crippen LogP contribution in [0.15, 0.2) is 36.6 Å². The molecule has 0 heterocycles. The Bertz CT molecular complexity index is 799. The van der Waals surface area contributed by atoms with Gasteiger partial charge >= 0.3 is 0 Å². The van der Waals surface area contributed by atoms with Gasteiger partial charge in [-0.15, -0.1) is 0 Å². The number of allylic oxidation sites excluding steroid dienone is 1. The molecule has 0 bridgehead atoms. The minimum absolute atomic E-state index is 0.216. The highest BCUT2D eigenvalue weighted by atomic mass is 19.2. The van der Waals surface area contributed by atoms with Crippen molar-refractivity contribution in [1.82, 2.24) is 0 Å². The molecule has 5 heteroatoms. The number of ether oxygens (including phenoxy) is 1. The molecule has 0 amide bonds. The minimum Gasteiger partial charge on any atom is -0.462 e. The Labute approximate surface area is 157 Å². The summed E-state index contributed by atoms with van der Waals surface area (Å²) in [6, 6.07) is 5.07. The molecule has 0 aliphatic heterocycles. The summed E-state index contributed by atoms with van der Waals surface area (Å²) in [6.45, 7) is 3.93. The molecule has 2 rings (SSSR count). The molecule has 0 aromatic heterocycles. The van der Waals surface area contributed by atoms with Crippen LogP contribution in [0.2, 0.25) is 0 Å². The Morgan fingerprint density at radius 2 is 1.44 bits per heavy atom. The van der Waals surface area contributed by atoms with Gasteiger partial charge in [0.1, 0.15) is 0 Å². The van der Waals surface area contributed by atoms with Gasteiger partial charge in [0, 0.05) is 11.1 Å². The van der Waals surface area contributed by atoms with Gasteiger partial charge in [-0.1, -0.05) is 45.2 Å². The first-order valence-corrected chi connectivity index (χ1v) is 9.28. The van der Waals surface area contributed by atoms with Crippen LogP contribution in [0.1, 0.15) is 51.5 Å². The number of benzene rings is 2. The third kappa shape index (κ3) is 5.12. The SMILES string of the molecule is CCCCCC=COc1ccc(-c2ccc(CCC)c(F)c2F)c(F)c1F. The molecule has 0 saturated heterocycles. The molecule has 2 aromatic carbocycles. The summed E-state index contributed by atoms with van der Waals surface area (Å²) in [4.78, 5) is 0. The average Bonchev–Trinajstić information content (AvgIpc) is 2.66. The lowest BCUT2D eigenvalue weighted by atomic mass is 10.00. The molecule has 146 valence electrons. The Hall–Kier alpha value is -2.30. The lowest BCUT2D eigenvalue weighted by Crippen LogP contribution is -2.00. The molecule has 0 aliphatic rings. The van der Waals surface area contributed by atoms with Crippen molar-refractivity contribution >= 4 is 0 Å². The summed E-state index contributed by atoms with van der Waals surface area (Å²) in [6.07, 6.45) is 8.02. The predicted octanol–water partition coefficient (Wildman–Crippen LogP) is 7.34. The van der Waals surface area contributed by atoms with Crippen LogP contribution in [0.25, 0.3) is 11.1 Å². The molecule has 0 aliphatic carbocycles. The van der Waals surface area contributed by atoms with Gasteiger partial charge in [-0.2, -0.15) is 4.39 Å². The van der Waals surface area contributed by atoms with E-state index >= 15 is 0 Å². The summed E-state index contributed by atoms with van der Waals surface area (Å²) in [5.74, 6) is -5.00. The highest BCUT2D eigenvalue weighted by Crippen LogP contribution is 2.33. The fourth-order valence-corrected chi connectivity index (χ4v) is 2.79. The summed E-state index contributed by atoms with van der Waals surface area (Å²) < 4.78 is 62.2. The average molecular weight is 380 g/mol. The molecule has 0 spiro atoms. The van der Waals surface area contributed by atoms with Crippen molar-refractivity contribution in [3.63, 3.8) is 0 Å². The molecule has 0 N–H and O–H groups in total. The number of unbranched alkanes of at least 4 members (excludes halogenated alkanes) is 3. The highest BCUT2D eigenvalue weighted by Gasteiger charge is 2.21. The Morgan fingerprint density at radius 1 is 0.778 bits per heavy atom. The van der Waals surface area contributed by atoms with Gasteiger partial charge in [0.05, 0.1) is 6.26 Å². The fourth-order valence-electron chi connectivity index (χ4n) is 2.79.